The standard InChI is InChI=1S/C25H25N3O3/c1-31-21-13-11-20(12-14-21)27-25(30)23(17-7-3-2-4-8-17)28-24(29)22-15-18-9-5-6-10-19(18)16-26-22/h2-14,22-23,26H,15-16H2,1H3,(H,27,30)(H,28,29)/p+1/t22-,23+/m0/s1. The van der Waals surface area contributed by atoms with Gasteiger partial charge in [0, 0.05) is 17.7 Å². The van der Waals surface area contributed by atoms with Crippen LogP contribution in [-0.4, -0.2) is 25.0 Å². The number of rotatable bonds is 6. The van der Waals surface area contributed by atoms with Gasteiger partial charge in [-0.3, -0.25) is 9.59 Å². The predicted octanol–water partition coefficient (Wildman–Crippen LogP) is 2.18. The SMILES string of the molecule is COc1ccc(NC(=O)[C@H](NC(=O)[C@@H]2Cc3ccccc3C[NH2+]2)c2ccccc2)cc1. The van der Waals surface area contributed by atoms with E-state index in [4.69, 9.17) is 4.74 Å². The number of fused-ring (bicyclic) bond motifs is 1. The summed E-state index contributed by atoms with van der Waals surface area (Å²) >= 11 is 0. The van der Waals surface area contributed by atoms with Crippen molar-refractivity contribution in [1.82, 2.24) is 5.32 Å². The maximum atomic E-state index is 13.1. The first-order chi connectivity index (χ1) is 15.1. The molecule has 31 heavy (non-hydrogen) atoms. The fourth-order valence-electron chi connectivity index (χ4n) is 3.83. The fraction of sp³-hybridized carbons (Fsp3) is 0.200. The van der Waals surface area contributed by atoms with Crippen LogP contribution in [0.15, 0.2) is 78.9 Å². The van der Waals surface area contributed by atoms with Crippen LogP contribution in [0.2, 0.25) is 0 Å². The average molecular weight is 417 g/mol. The molecule has 0 unspecified atom stereocenters. The molecule has 4 rings (SSSR count). The van der Waals surface area contributed by atoms with Gasteiger partial charge in [0.25, 0.3) is 11.8 Å². The topological polar surface area (TPSA) is 84.0 Å². The number of ether oxygens (including phenoxy) is 1. The van der Waals surface area contributed by atoms with Gasteiger partial charge in [-0.1, -0.05) is 54.6 Å². The lowest BCUT2D eigenvalue weighted by Gasteiger charge is -2.25. The van der Waals surface area contributed by atoms with Gasteiger partial charge in [0.2, 0.25) is 0 Å². The van der Waals surface area contributed by atoms with Crippen molar-refractivity contribution < 1.29 is 19.6 Å². The Balaban J connectivity index is 1.50. The minimum atomic E-state index is -0.790. The highest BCUT2D eigenvalue weighted by molar-refractivity contribution is 5.98. The zero-order valence-electron chi connectivity index (χ0n) is 17.4. The summed E-state index contributed by atoms with van der Waals surface area (Å²) in [7, 11) is 1.59. The number of methoxy groups -OCH3 is 1. The van der Waals surface area contributed by atoms with Crippen molar-refractivity contribution in [1.29, 1.82) is 0 Å². The molecule has 2 amide bonds. The van der Waals surface area contributed by atoms with Crippen molar-refractivity contribution in [3.63, 3.8) is 0 Å². The number of nitrogens with two attached hydrogens (primary N) is 1. The maximum Gasteiger partial charge on any atom is 0.279 e. The molecule has 0 bridgehead atoms. The molecule has 6 nitrogen and oxygen atoms in total. The van der Waals surface area contributed by atoms with E-state index in [0.29, 0.717) is 17.9 Å². The number of benzene rings is 3. The Morgan fingerprint density at radius 1 is 0.935 bits per heavy atom. The third-order valence-electron chi connectivity index (χ3n) is 5.56. The highest BCUT2D eigenvalue weighted by Gasteiger charge is 2.31. The van der Waals surface area contributed by atoms with Crippen LogP contribution in [0.25, 0.3) is 0 Å². The van der Waals surface area contributed by atoms with Crippen LogP contribution in [0.3, 0.4) is 0 Å². The normalized spacial score (nSPS) is 16.0. The minimum absolute atomic E-state index is 0.145. The summed E-state index contributed by atoms with van der Waals surface area (Å²) in [6.45, 7) is 0.752. The van der Waals surface area contributed by atoms with Crippen LogP contribution in [0.5, 0.6) is 5.75 Å². The second-order valence-electron chi connectivity index (χ2n) is 7.59. The number of anilines is 1. The summed E-state index contributed by atoms with van der Waals surface area (Å²) < 4.78 is 5.16. The van der Waals surface area contributed by atoms with E-state index in [0.717, 1.165) is 12.1 Å². The molecule has 0 saturated heterocycles. The van der Waals surface area contributed by atoms with E-state index in [-0.39, 0.29) is 17.9 Å². The van der Waals surface area contributed by atoms with Crippen molar-refractivity contribution in [2.45, 2.75) is 25.0 Å². The number of carbonyl (C=O) groups excluding carboxylic acids is 2. The Morgan fingerprint density at radius 3 is 2.32 bits per heavy atom. The Labute approximate surface area is 181 Å². The molecule has 1 aliphatic rings. The largest absolute Gasteiger partial charge is 0.497 e. The van der Waals surface area contributed by atoms with E-state index in [1.54, 1.807) is 31.4 Å². The van der Waals surface area contributed by atoms with Gasteiger partial charge in [0.15, 0.2) is 6.04 Å². The van der Waals surface area contributed by atoms with Gasteiger partial charge in [-0.05, 0) is 35.4 Å². The molecule has 0 aromatic heterocycles. The molecule has 3 aromatic rings. The van der Waals surface area contributed by atoms with Crippen LogP contribution in [0.1, 0.15) is 22.7 Å². The van der Waals surface area contributed by atoms with Crippen molar-refractivity contribution >= 4 is 17.5 Å². The molecule has 0 fully saturated rings. The van der Waals surface area contributed by atoms with E-state index in [1.807, 2.05) is 47.8 Å². The summed E-state index contributed by atoms with van der Waals surface area (Å²) in [6, 6.07) is 23.5. The molecule has 0 spiro atoms. The summed E-state index contributed by atoms with van der Waals surface area (Å²) in [5.41, 5.74) is 3.81. The van der Waals surface area contributed by atoms with E-state index in [1.165, 1.54) is 11.1 Å². The average Bonchev–Trinajstić information content (AvgIpc) is 2.83. The summed E-state index contributed by atoms with van der Waals surface area (Å²) in [5, 5.41) is 7.89. The summed E-state index contributed by atoms with van der Waals surface area (Å²) in [6.07, 6.45) is 0.642. The van der Waals surface area contributed by atoms with Crippen LogP contribution in [0, 0.1) is 0 Å². The number of amides is 2. The molecular formula is C25H26N3O3+. The lowest BCUT2D eigenvalue weighted by Crippen LogP contribution is -2.93. The summed E-state index contributed by atoms with van der Waals surface area (Å²) in [4.78, 5) is 26.2. The maximum absolute atomic E-state index is 13.1. The van der Waals surface area contributed by atoms with E-state index >= 15 is 0 Å². The number of quaternary nitrogens is 1. The monoisotopic (exact) mass is 416 g/mol. The molecule has 1 heterocycles. The zero-order chi connectivity index (χ0) is 21.6. The molecule has 158 valence electrons. The van der Waals surface area contributed by atoms with Gasteiger partial charge >= 0.3 is 0 Å². The Kier molecular flexibility index (Phi) is 6.29. The molecule has 0 aliphatic carbocycles. The zero-order valence-corrected chi connectivity index (χ0v) is 17.4. The van der Waals surface area contributed by atoms with Gasteiger partial charge < -0.3 is 20.7 Å². The lowest BCUT2D eigenvalue weighted by atomic mass is 9.95. The second-order valence-corrected chi connectivity index (χ2v) is 7.59. The summed E-state index contributed by atoms with van der Waals surface area (Å²) in [5.74, 6) is 0.271. The van der Waals surface area contributed by atoms with Crippen LogP contribution in [0.4, 0.5) is 5.69 Å². The van der Waals surface area contributed by atoms with Crippen molar-refractivity contribution in [2.75, 3.05) is 12.4 Å². The molecule has 0 saturated carbocycles. The number of hydrogen-bond donors (Lipinski definition) is 3. The van der Waals surface area contributed by atoms with Gasteiger partial charge in [0.1, 0.15) is 18.3 Å². The third kappa shape index (κ3) is 4.92. The van der Waals surface area contributed by atoms with E-state index in [9.17, 15) is 9.59 Å². The third-order valence-corrected chi connectivity index (χ3v) is 5.56. The van der Waals surface area contributed by atoms with E-state index in [2.05, 4.69) is 22.8 Å². The Morgan fingerprint density at radius 2 is 1.61 bits per heavy atom. The van der Waals surface area contributed by atoms with Gasteiger partial charge in [-0.2, -0.15) is 0 Å². The number of hydrogen-bond acceptors (Lipinski definition) is 3. The second kappa shape index (κ2) is 9.45. The highest BCUT2D eigenvalue weighted by Crippen LogP contribution is 2.20. The number of carbonyl (C=O) groups is 2. The quantitative estimate of drug-likeness (QED) is 0.576. The van der Waals surface area contributed by atoms with Crippen LogP contribution < -0.4 is 20.7 Å². The van der Waals surface area contributed by atoms with E-state index < -0.39 is 6.04 Å². The first kappa shape index (κ1) is 20.6. The van der Waals surface area contributed by atoms with Crippen LogP contribution in [-0.2, 0) is 22.6 Å². The smallest absolute Gasteiger partial charge is 0.279 e. The van der Waals surface area contributed by atoms with Crippen molar-refractivity contribution in [3.05, 3.63) is 95.6 Å². The molecule has 2 atom stereocenters. The van der Waals surface area contributed by atoms with Crippen molar-refractivity contribution in [2.24, 2.45) is 0 Å². The molecule has 3 aromatic carbocycles. The highest BCUT2D eigenvalue weighted by atomic mass is 16.5. The molecule has 4 N–H and O–H groups in total. The van der Waals surface area contributed by atoms with Crippen LogP contribution >= 0.6 is 0 Å². The molecule has 0 radical (unpaired) electrons. The lowest BCUT2D eigenvalue weighted by molar-refractivity contribution is -0.695. The fourth-order valence-corrected chi connectivity index (χ4v) is 3.83. The Hall–Kier alpha value is -3.64. The Bertz CT molecular complexity index is 1050. The minimum Gasteiger partial charge on any atom is -0.497 e. The number of nitrogens with one attached hydrogen (secondary N) is 2. The van der Waals surface area contributed by atoms with Gasteiger partial charge in [-0.25, -0.2) is 0 Å². The first-order valence-electron chi connectivity index (χ1n) is 10.3. The van der Waals surface area contributed by atoms with Crippen molar-refractivity contribution in [3.8, 4) is 5.75 Å². The molecule has 1 aliphatic heterocycles. The molecule has 6 heteroatoms. The predicted molar refractivity (Wildman–Crippen MR) is 119 cm³/mol. The molecular weight excluding hydrogens is 390 g/mol. The van der Waals surface area contributed by atoms with Gasteiger partial charge in [-0.15, -0.1) is 0 Å². The first-order valence-corrected chi connectivity index (χ1v) is 10.3. The van der Waals surface area contributed by atoms with Gasteiger partial charge in [0.05, 0.1) is 7.11 Å².